The molecule has 1 aromatic heterocycles. The highest BCUT2D eigenvalue weighted by molar-refractivity contribution is 5.89. The summed E-state index contributed by atoms with van der Waals surface area (Å²) in [5, 5.41) is 20.5. The van der Waals surface area contributed by atoms with Gasteiger partial charge in [-0.3, -0.25) is 5.32 Å². The third-order valence-corrected chi connectivity index (χ3v) is 2.53. The van der Waals surface area contributed by atoms with E-state index in [1.54, 1.807) is 24.3 Å². The van der Waals surface area contributed by atoms with E-state index < -0.39 is 12.1 Å². The van der Waals surface area contributed by atoms with Crippen LogP contribution in [0.25, 0.3) is 0 Å². The smallest absolute Gasteiger partial charge is 0.413 e. The number of nitrogens with zero attached hydrogens (tertiary/aromatic N) is 1. The van der Waals surface area contributed by atoms with Crippen LogP contribution in [0.2, 0.25) is 0 Å². The van der Waals surface area contributed by atoms with Gasteiger partial charge in [-0.1, -0.05) is 30.3 Å². The fourth-order valence-corrected chi connectivity index (χ4v) is 1.52. The van der Waals surface area contributed by atoms with Gasteiger partial charge >= 0.3 is 12.1 Å². The van der Waals surface area contributed by atoms with Gasteiger partial charge in [0.05, 0.1) is 0 Å². The Morgan fingerprint density at radius 1 is 1.14 bits per heavy atom. The van der Waals surface area contributed by atoms with E-state index in [1.165, 1.54) is 0 Å². The van der Waals surface area contributed by atoms with Crippen molar-refractivity contribution in [3.8, 4) is 5.75 Å². The summed E-state index contributed by atoms with van der Waals surface area (Å²) in [6.07, 6.45) is -0.843. The molecule has 0 aliphatic rings. The number of hydrogen-bond donors (Lipinski definition) is 3. The molecule has 0 saturated carbocycles. The molecule has 1 aromatic carbocycles. The van der Waals surface area contributed by atoms with Gasteiger partial charge in [-0.05, 0) is 17.7 Å². The molecule has 1 heterocycles. The van der Waals surface area contributed by atoms with Crippen LogP contribution in [0.1, 0.15) is 16.1 Å². The van der Waals surface area contributed by atoms with Crippen LogP contribution < -0.4 is 5.32 Å². The Hall–Kier alpha value is -3.09. The number of aromatic hydroxyl groups is 1. The highest BCUT2D eigenvalue weighted by Gasteiger charge is 2.13. The van der Waals surface area contributed by atoms with E-state index in [0.717, 1.165) is 17.7 Å². The highest BCUT2D eigenvalue weighted by atomic mass is 16.5. The third-order valence-electron chi connectivity index (χ3n) is 2.53. The Kier molecular flexibility index (Phi) is 4.35. The van der Waals surface area contributed by atoms with Crippen molar-refractivity contribution in [2.75, 3.05) is 5.32 Å². The summed E-state index contributed by atoms with van der Waals surface area (Å²) in [4.78, 5) is 26.0. The van der Waals surface area contributed by atoms with Crippen molar-refractivity contribution in [3.63, 3.8) is 0 Å². The van der Waals surface area contributed by atoms with Gasteiger partial charge in [-0.2, -0.15) is 0 Å². The maximum atomic E-state index is 11.6. The molecule has 0 aliphatic heterocycles. The molecule has 3 N–H and O–H groups in total. The van der Waals surface area contributed by atoms with E-state index in [0.29, 0.717) is 0 Å². The monoisotopic (exact) mass is 288 g/mol. The number of benzene rings is 1. The van der Waals surface area contributed by atoms with E-state index in [9.17, 15) is 14.7 Å². The molecule has 21 heavy (non-hydrogen) atoms. The second kappa shape index (κ2) is 6.38. The number of aromatic nitrogens is 1. The second-order valence-electron chi connectivity index (χ2n) is 4.06. The van der Waals surface area contributed by atoms with Crippen LogP contribution in [0.3, 0.4) is 0 Å². The molecular weight excluding hydrogens is 276 g/mol. The second-order valence-corrected chi connectivity index (χ2v) is 4.06. The minimum absolute atomic E-state index is 0.0477. The SMILES string of the molecule is O=C(Nc1nc(C(=O)O)ccc1O)OCc1ccccc1. The van der Waals surface area contributed by atoms with Crippen LogP contribution in [0, 0.1) is 0 Å². The Balaban J connectivity index is 1.99. The number of aromatic carboxylic acids is 1. The van der Waals surface area contributed by atoms with Crippen LogP contribution in [-0.2, 0) is 11.3 Å². The first-order valence-corrected chi connectivity index (χ1v) is 5.97. The molecule has 0 radical (unpaired) electrons. The van der Waals surface area contributed by atoms with Gasteiger partial charge in [0, 0.05) is 0 Å². The van der Waals surface area contributed by atoms with Crippen molar-refractivity contribution in [2.45, 2.75) is 6.61 Å². The molecule has 0 fully saturated rings. The molecule has 108 valence electrons. The Morgan fingerprint density at radius 3 is 2.52 bits per heavy atom. The number of carbonyl (C=O) groups is 2. The van der Waals surface area contributed by atoms with Crippen molar-refractivity contribution in [2.24, 2.45) is 0 Å². The van der Waals surface area contributed by atoms with Crippen LogP contribution >= 0.6 is 0 Å². The van der Waals surface area contributed by atoms with Crippen LogP contribution in [0.15, 0.2) is 42.5 Å². The molecule has 2 aromatic rings. The third kappa shape index (κ3) is 3.93. The maximum Gasteiger partial charge on any atom is 0.413 e. The normalized spacial score (nSPS) is 9.90. The van der Waals surface area contributed by atoms with E-state index in [1.807, 2.05) is 6.07 Å². The lowest BCUT2D eigenvalue weighted by atomic mass is 10.2. The summed E-state index contributed by atoms with van der Waals surface area (Å²) >= 11 is 0. The summed E-state index contributed by atoms with van der Waals surface area (Å²) < 4.78 is 4.94. The molecule has 0 atom stereocenters. The lowest BCUT2D eigenvalue weighted by Gasteiger charge is -2.08. The number of carboxylic acids is 1. The summed E-state index contributed by atoms with van der Waals surface area (Å²) in [6, 6.07) is 11.3. The van der Waals surface area contributed by atoms with Crippen molar-refractivity contribution in [3.05, 3.63) is 53.7 Å². The lowest BCUT2D eigenvalue weighted by molar-refractivity contribution is 0.0690. The number of carboxylic acid groups (broad SMARTS) is 1. The Labute approximate surface area is 119 Å². The molecule has 7 nitrogen and oxygen atoms in total. The van der Waals surface area contributed by atoms with Crippen molar-refractivity contribution >= 4 is 17.9 Å². The van der Waals surface area contributed by atoms with Crippen LogP contribution in [0.4, 0.5) is 10.6 Å². The topological polar surface area (TPSA) is 109 Å². The maximum absolute atomic E-state index is 11.6. The number of hydrogen-bond acceptors (Lipinski definition) is 5. The first kappa shape index (κ1) is 14.3. The number of rotatable bonds is 4. The predicted octanol–water partition coefficient (Wildman–Crippen LogP) is 2.23. The average molecular weight is 288 g/mol. The minimum Gasteiger partial charge on any atom is -0.504 e. The number of anilines is 1. The highest BCUT2D eigenvalue weighted by Crippen LogP contribution is 2.20. The van der Waals surface area contributed by atoms with Gasteiger partial charge in [0.25, 0.3) is 0 Å². The number of nitrogens with one attached hydrogen (secondary N) is 1. The van der Waals surface area contributed by atoms with Gasteiger partial charge in [-0.25, -0.2) is 14.6 Å². The minimum atomic E-state index is -1.27. The fraction of sp³-hybridized carbons (Fsp3) is 0.0714. The van der Waals surface area contributed by atoms with Crippen LogP contribution in [-0.4, -0.2) is 27.3 Å². The summed E-state index contributed by atoms with van der Waals surface area (Å²) in [6.45, 7) is 0.0477. The quantitative estimate of drug-likeness (QED) is 0.796. The van der Waals surface area contributed by atoms with E-state index in [4.69, 9.17) is 9.84 Å². The van der Waals surface area contributed by atoms with Crippen LogP contribution in [0.5, 0.6) is 5.75 Å². The zero-order valence-corrected chi connectivity index (χ0v) is 10.8. The predicted molar refractivity (Wildman–Crippen MR) is 73.1 cm³/mol. The molecule has 1 amide bonds. The van der Waals surface area contributed by atoms with Crippen molar-refractivity contribution in [1.82, 2.24) is 4.98 Å². The van der Waals surface area contributed by atoms with E-state index in [2.05, 4.69) is 10.3 Å². The molecule has 0 saturated heterocycles. The number of amides is 1. The molecule has 0 unspecified atom stereocenters. The molecule has 2 rings (SSSR count). The van der Waals surface area contributed by atoms with Gasteiger partial charge in [-0.15, -0.1) is 0 Å². The van der Waals surface area contributed by atoms with Crippen molar-refractivity contribution < 1.29 is 24.5 Å². The van der Waals surface area contributed by atoms with E-state index in [-0.39, 0.29) is 23.9 Å². The zero-order valence-electron chi connectivity index (χ0n) is 10.8. The number of pyridine rings is 1. The molecule has 7 heteroatoms. The fourth-order valence-electron chi connectivity index (χ4n) is 1.52. The van der Waals surface area contributed by atoms with E-state index >= 15 is 0 Å². The Bertz CT molecular complexity index is 658. The lowest BCUT2D eigenvalue weighted by Crippen LogP contribution is -2.15. The molecular formula is C14H12N2O5. The molecule has 0 spiro atoms. The standard InChI is InChI=1S/C14H12N2O5/c17-11-7-6-10(13(18)19)15-12(11)16-14(20)21-8-9-4-2-1-3-5-9/h1-7,17H,8H2,(H,18,19)(H,15,16,20). The number of ether oxygens (including phenoxy) is 1. The number of carbonyl (C=O) groups excluding carboxylic acids is 1. The average Bonchev–Trinajstić information content (AvgIpc) is 2.48. The summed E-state index contributed by atoms with van der Waals surface area (Å²) in [5.41, 5.74) is 0.496. The van der Waals surface area contributed by atoms with Gasteiger partial charge < -0.3 is 14.9 Å². The molecule has 0 bridgehead atoms. The largest absolute Gasteiger partial charge is 0.504 e. The van der Waals surface area contributed by atoms with Gasteiger partial charge in [0.1, 0.15) is 6.61 Å². The first-order chi connectivity index (χ1) is 10.1. The summed E-state index contributed by atoms with van der Waals surface area (Å²) in [5.74, 6) is -1.89. The first-order valence-electron chi connectivity index (χ1n) is 5.97. The Morgan fingerprint density at radius 2 is 1.86 bits per heavy atom. The van der Waals surface area contributed by atoms with Gasteiger partial charge in [0.15, 0.2) is 17.3 Å². The molecule has 0 aliphatic carbocycles. The van der Waals surface area contributed by atoms with Crippen molar-refractivity contribution in [1.29, 1.82) is 0 Å². The zero-order chi connectivity index (χ0) is 15.2. The van der Waals surface area contributed by atoms with Gasteiger partial charge in [0.2, 0.25) is 0 Å². The summed E-state index contributed by atoms with van der Waals surface area (Å²) in [7, 11) is 0.